The number of rotatable bonds is 6. The van der Waals surface area contributed by atoms with Crippen molar-refractivity contribution in [2.75, 3.05) is 45.2 Å². The van der Waals surface area contributed by atoms with Crippen molar-refractivity contribution < 1.29 is 19.2 Å². The second kappa shape index (κ2) is 9.37. The molecule has 0 aliphatic carbocycles. The van der Waals surface area contributed by atoms with Crippen LogP contribution in [0, 0.1) is 0 Å². The fourth-order valence-corrected chi connectivity index (χ4v) is 3.51. The highest BCUT2D eigenvalue weighted by molar-refractivity contribution is 5.94. The molecule has 0 spiro atoms. The average Bonchev–Trinajstić information content (AvgIpc) is 2.74. The van der Waals surface area contributed by atoms with Crippen LogP contribution in [0.5, 0.6) is 5.75 Å². The molecule has 0 atom stereocenters. The van der Waals surface area contributed by atoms with Gasteiger partial charge in [0.05, 0.1) is 33.3 Å². The summed E-state index contributed by atoms with van der Waals surface area (Å²) in [4.78, 5) is 28.2. The van der Waals surface area contributed by atoms with Crippen molar-refractivity contribution in [3.63, 3.8) is 0 Å². The summed E-state index contributed by atoms with van der Waals surface area (Å²) in [6.07, 6.45) is 0.883. The number of hydrogen-bond acceptors (Lipinski definition) is 3. The molecule has 6 heteroatoms. The Labute approximate surface area is 166 Å². The standard InChI is InChI=1S/C22H27N3O3/c1-3-17-7-4-5-10-20(17)23-21(26)16-24-11-13-25(14-12-24)22(27)18-8-6-9-19(15-18)28-2/h4-10,15H,3,11-14,16H2,1-2H3,(H,23,26)/p+1. The highest BCUT2D eigenvalue weighted by Gasteiger charge is 2.26. The lowest BCUT2D eigenvalue weighted by molar-refractivity contribution is -0.895. The molecule has 1 aliphatic rings. The second-order valence-corrected chi connectivity index (χ2v) is 7.01. The Kier molecular flexibility index (Phi) is 6.66. The number of carbonyl (C=O) groups excluding carboxylic acids is 2. The number of carbonyl (C=O) groups is 2. The zero-order valence-electron chi connectivity index (χ0n) is 16.5. The third kappa shape index (κ3) is 4.89. The Morgan fingerprint density at radius 1 is 1.11 bits per heavy atom. The number of aryl methyl sites for hydroxylation is 1. The summed E-state index contributed by atoms with van der Waals surface area (Å²) >= 11 is 0. The third-order valence-corrected chi connectivity index (χ3v) is 5.16. The fourth-order valence-electron chi connectivity index (χ4n) is 3.51. The number of piperazine rings is 1. The molecule has 0 unspecified atom stereocenters. The van der Waals surface area contributed by atoms with Crippen LogP contribution >= 0.6 is 0 Å². The first-order chi connectivity index (χ1) is 13.6. The number of quaternary nitrogens is 1. The van der Waals surface area contributed by atoms with Gasteiger partial charge in [0.1, 0.15) is 5.75 Å². The lowest BCUT2D eigenvalue weighted by Gasteiger charge is -2.32. The molecule has 2 amide bonds. The van der Waals surface area contributed by atoms with Gasteiger partial charge in [0.15, 0.2) is 6.54 Å². The van der Waals surface area contributed by atoms with Crippen molar-refractivity contribution >= 4 is 17.5 Å². The number of nitrogens with zero attached hydrogens (tertiary/aromatic N) is 1. The normalized spacial score (nSPS) is 14.6. The van der Waals surface area contributed by atoms with E-state index < -0.39 is 0 Å². The molecule has 148 valence electrons. The van der Waals surface area contributed by atoms with Gasteiger partial charge in [-0.3, -0.25) is 9.59 Å². The fraction of sp³-hybridized carbons (Fsp3) is 0.364. The Hall–Kier alpha value is -2.86. The monoisotopic (exact) mass is 382 g/mol. The second-order valence-electron chi connectivity index (χ2n) is 7.01. The number of para-hydroxylation sites is 1. The van der Waals surface area contributed by atoms with Gasteiger partial charge in [-0.05, 0) is 36.2 Å². The van der Waals surface area contributed by atoms with Crippen molar-refractivity contribution in [3.8, 4) is 5.75 Å². The number of hydrogen-bond donors (Lipinski definition) is 2. The molecule has 0 bridgehead atoms. The van der Waals surface area contributed by atoms with E-state index in [1.54, 1.807) is 13.2 Å². The van der Waals surface area contributed by atoms with Gasteiger partial charge < -0.3 is 19.9 Å². The molecule has 0 radical (unpaired) electrons. The molecule has 1 heterocycles. The van der Waals surface area contributed by atoms with E-state index in [-0.39, 0.29) is 11.8 Å². The van der Waals surface area contributed by atoms with Gasteiger partial charge in [0.2, 0.25) is 0 Å². The smallest absolute Gasteiger partial charge is 0.279 e. The van der Waals surface area contributed by atoms with E-state index in [4.69, 9.17) is 4.74 Å². The molecule has 0 saturated carbocycles. The predicted octanol–water partition coefficient (Wildman–Crippen LogP) is 1.24. The first-order valence-electron chi connectivity index (χ1n) is 9.75. The van der Waals surface area contributed by atoms with Gasteiger partial charge in [-0.2, -0.15) is 0 Å². The van der Waals surface area contributed by atoms with E-state index in [0.717, 1.165) is 30.8 Å². The van der Waals surface area contributed by atoms with E-state index in [1.807, 2.05) is 47.4 Å². The minimum atomic E-state index is 0.0132. The van der Waals surface area contributed by atoms with Crippen LogP contribution in [0.15, 0.2) is 48.5 Å². The highest BCUT2D eigenvalue weighted by Crippen LogP contribution is 2.15. The summed E-state index contributed by atoms with van der Waals surface area (Å²) in [6.45, 7) is 5.31. The summed E-state index contributed by atoms with van der Waals surface area (Å²) in [7, 11) is 1.59. The van der Waals surface area contributed by atoms with Crippen molar-refractivity contribution in [1.29, 1.82) is 0 Å². The van der Waals surface area contributed by atoms with Gasteiger partial charge >= 0.3 is 0 Å². The number of nitrogens with one attached hydrogen (secondary N) is 2. The first kappa shape index (κ1) is 19.9. The molecule has 2 aromatic rings. The number of methoxy groups -OCH3 is 1. The molecule has 1 aliphatic heterocycles. The summed E-state index contributed by atoms with van der Waals surface area (Å²) in [5.41, 5.74) is 2.66. The zero-order valence-corrected chi connectivity index (χ0v) is 16.5. The first-order valence-corrected chi connectivity index (χ1v) is 9.75. The lowest BCUT2D eigenvalue weighted by Crippen LogP contribution is -3.15. The van der Waals surface area contributed by atoms with E-state index in [1.165, 1.54) is 4.90 Å². The Morgan fingerprint density at radius 3 is 2.57 bits per heavy atom. The van der Waals surface area contributed by atoms with Crippen LogP contribution in [0.25, 0.3) is 0 Å². The number of amides is 2. The average molecular weight is 382 g/mol. The summed E-state index contributed by atoms with van der Waals surface area (Å²) in [5, 5.41) is 3.03. The topological polar surface area (TPSA) is 63.1 Å². The van der Waals surface area contributed by atoms with Crippen LogP contribution in [-0.4, -0.2) is 56.5 Å². The number of benzene rings is 2. The Morgan fingerprint density at radius 2 is 1.86 bits per heavy atom. The van der Waals surface area contributed by atoms with Gasteiger partial charge in [-0.25, -0.2) is 0 Å². The quantitative estimate of drug-likeness (QED) is 0.790. The molecule has 3 rings (SSSR count). The Balaban J connectivity index is 1.51. The van der Waals surface area contributed by atoms with Crippen molar-refractivity contribution in [2.24, 2.45) is 0 Å². The van der Waals surface area contributed by atoms with Crippen LogP contribution in [-0.2, 0) is 11.2 Å². The maximum absolute atomic E-state index is 12.7. The van der Waals surface area contributed by atoms with E-state index in [0.29, 0.717) is 30.9 Å². The largest absolute Gasteiger partial charge is 0.497 e. The van der Waals surface area contributed by atoms with Crippen molar-refractivity contribution in [1.82, 2.24) is 4.90 Å². The number of anilines is 1. The van der Waals surface area contributed by atoms with Gasteiger partial charge in [-0.15, -0.1) is 0 Å². The van der Waals surface area contributed by atoms with Crippen molar-refractivity contribution in [2.45, 2.75) is 13.3 Å². The van der Waals surface area contributed by atoms with E-state index >= 15 is 0 Å². The van der Waals surface area contributed by atoms with Crippen LogP contribution in [0.4, 0.5) is 5.69 Å². The van der Waals surface area contributed by atoms with Gasteiger partial charge in [-0.1, -0.05) is 31.2 Å². The van der Waals surface area contributed by atoms with Crippen LogP contribution < -0.4 is 15.0 Å². The molecule has 6 nitrogen and oxygen atoms in total. The summed E-state index contributed by atoms with van der Waals surface area (Å²) in [6, 6.07) is 15.1. The molecule has 2 aromatic carbocycles. The SMILES string of the molecule is CCc1ccccc1NC(=O)C[NH+]1CCN(C(=O)c2cccc(OC)c2)CC1. The molecule has 0 aromatic heterocycles. The molecule has 1 fully saturated rings. The highest BCUT2D eigenvalue weighted by atomic mass is 16.5. The van der Waals surface area contributed by atoms with Crippen molar-refractivity contribution in [3.05, 3.63) is 59.7 Å². The zero-order chi connectivity index (χ0) is 19.9. The predicted molar refractivity (Wildman–Crippen MR) is 109 cm³/mol. The number of ether oxygens (including phenoxy) is 1. The van der Waals surface area contributed by atoms with Gasteiger partial charge in [0, 0.05) is 11.3 Å². The van der Waals surface area contributed by atoms with E-state index in [2.05, 4.69) is 12.2 Å². The molecular formula is C22H28N3O3+. The minimum Gasteiger partial charge on any atom is -0.497 e. The molecule has 2 N–H and O–H groups in total. The molecular weight excluding hydrogens is 354 g/mol. The maximum Gasteiger partial charge on any atom is 0.279 e. The van der Waals surface area contributed by atoms with Crippen LogP contribution in [0.3, 0.4) is 0 Å². The van der Waals surface area contributed by atoms with Crippen LogP contribution in [0.2, 0.25) is 0 Å². The Bertz CT molecular complexity index is 829. The van der Waals surface area contributed by atoms with Gasteiger partial charge in [0.25, 0.3) is 11.8 Å². The van der Waals surface area contributed by atoms with Crippen LogP contribution in [0.1, 0.15) is 22.8 Å². The molecule has 28 heavy (non-hydrogen) atoms. The minimum absolute atomic E-state index is 0.0132. The summed E-state index contributed by atoms with van der Waals surface area (Å²) in [5.74, 6) is 0.710. The summed E-state index contributed by atoms with van der Waals surface area (Å²) < 4.78 is 5.20. The third-order valence-electron chi connectivity index (χ3n) is 5.16. The lowest BCUT2D eigenvalue weighted by atomic mass is 10.1. The maximum atomic E-state index is 12.7. The molecule has 1 saturated heterocycles. The van der Waals surface area contributed by atoms with E-state index in [9.17, 15) is 9.59 Å².